The molecule has 0 bridgehead atoms. The zero-order chi connectivity index (χ0) is 19.0. The fourth-order valence-corrected chi connectivity index (χ4v) is 4.85. The first-order valence-electron chi connectivity index (χ1n) is 8.24. The Balaban J connectivity index is 1.54. The average Bonchev–Trinajstić information content (AvgIpc) is 3.13. The lowest BCUT2D eigenvalue weighted by Gasteiger charge is -2.34. The Morgan fingerprint density at radius 3 is 2.70 bits per heavy atom. The number of aromatic amines is 1. The second-order valence-corrected chi connectivity index (χ2v) is 8.37. The lowest BCUT2D eigenvalue weighted by molar-refractivity contribution is 0.384. The molecule has 0 radical (unpaired) electrons. The van der Waals surface area contributed by atoms with Gasteiger partial charge in [-0.25, -0.2) is 18.4 Å². The summed E-state index contributed by atoms with van der Waals surface area (Å²) in [6.45, 7) is 1.58. The van der Waals surface area contributed by atoms with Gasteiger partial charge < -0.3 is 9.88 Å². The van der Waals surface area contributed by atoms with Gasteiger partial charge in [0, 0.05) is 44.0 Å². The number of nitriles is 1. The van der Waals surface area contributed by atoms with Crippen LogP contribution in [0.25, 0.3) is 11.0 Å². The number of fused-ring (bicyclic) bond motifs is 1. The Bertz CT molecular complexity index is 1150. The van der Waals surface area contributed by atoms with Gasteiger partial charge in [0.2, 0.25) is 10.0 Å². The minimum absolute atomic E-state index is 0.163. The summed E-state index contributed by atoms with van der Waals surface area (Å²) >= 11 is 5.92. The van der Waals surface area contributed by atoms with Crippen molar-refractivity contribution in [2.75, 3.05) is 31.1 Å². The van der Waals surface area contributed by atoms with Crippen LogP contribution < -0.4 is 4.90 Å². The molecule has 4 rings (SSSR count). The summed E-state index contributed by atoms with van der Waals surface area (Å²) in [4.78, 5) is 13.5. The number of halogens is 1. The topological polar surface area (TPSA) is 106 Å². The van der Waals surface area contributed by atoms with Gasteiger partial charge >= 0.3 is 0 Å². The number of pyridine rings is 2. The van der Waals surface area contributed by atoms with Crippen molar-refractivity contribution in [3.8, 4) is 6.07 Å². The Hall–Kier alpha value is -2.67. The van der Waals surface area contributed by atoms with Crippen molar-refractivity contribution in [1.82, 2.24) is 19.3 Å². The van der Waals surface area contributed by atoms with Crippen LogP contribution in [-0.4, -0.2) is 53.9 Å². The van der Waals surface area contributed by atoms with Gasteiger partial charge in [0.1, 0.15) is 22.4 Å². The zero-order valence-corrected chi connectivity index (χ0v) is 15.7. The number of piperazine rings is 1. The van der Waals surface area contributed by atoms with Crippen molar-refractivity contribution < 1.29 is 8.42 Å². The number of nitrogens with one attached hydrogen (secondary N) is 1. The smallest absolute Gasteiger partial charge is 0.245 e. The molecule has 1 saturated heterocycles. The van der Waals surface area contributed by atoms with Gasteiger partial charge in [0.25, 0.3) is 0 Å². The summed E-state index contributed by atoms with van der Waals surface area (Å²) in [6, 6.07) is 8.78. The van der Waals surface area contributed by atoms with Crippen LogP contribution >= 0.6 is 11.6 Å². The number of anilines is 1. The Kier molecular flexibility index (Phi) is 4.47. The van der Waals surface area contributed by atoms with E-state index in [4.69, 9.17) is 16.9 Å². The summed E-state index contributed by atoms with van der Waals surface area (Å²) < 4.78 is 27.5. The van der Waals surface area contributed by atoms with Gasteiger partial charge in [-0.05, 0) is 24.3 Å². The highest BCUT2D eigenvalue weighted by atomic mass is 35.5. The van der Waals surface area contributed by atoms with E-state index in [1.54, 1.807) is 30.5 Å². The quantitative estimate of drug-likeness (QED) is 0.718. The molecule has 138 valence electrons. The Morgan fingerprint density at radius 1 is 1.19 bits per heavy atom. The number of aromatic nitrogens is 3. The van der Waals surface area contributed by atoms with Gasteiger partial charge in [-0.2, -0.15) is 9.57 Å². The molecule has 1 N–H and O–H groups in total. The first kappa shape index (κ1) is 17.7. The molecule has 1 aliphatic rings. The van der Waals surface area contributed by atoms with E-state index in [2.05, 4.69) is 15.0 Å². The molecule has 1 fully saturated rings. The zero-order valence-electron chi connectivity index (χ0n) is 14.1. The number of hydrogen-bond donors (Lipinski definition) is 1. The van der Waals surface area contributed by atoms with E-state index >= 15 is 0 Å². The van der Waals surface area contributed by atoms with E-state index in [9.17, 15) is 8.42 Å². The average molecular weight is 403 g/mol. The Labute approximate surface area is 161 Å². The van der Waals surface area contributed by atoms with Gasteiger partial charge in [-0.15, -0.1) is 0 Å². The SMILES string of the molecule is N#Cc1nc(N2CCN(S(=O)(=O)c3c[nH]c4ncccc34)CC2)ccc1Cl. The molecule has 0 amide bonds. The molecule has 0 atom stereocenters. The Morgan fingerprint density at radius 2 is 1.96 bits per heavy atom. The standard InChI is InChI=1S/C17H15ClN6O2S/c18-13-3-4-16(22-14(13)10-19)23-6-8-24(9-7-23)27(25,26)15-11-21-17-12(15)2-1-5-20-17/h1-5,11H,6-9H2,(H,20,21). The molecule has 1 aliphatic heterocycles. The van der Waals surface area contributed by atoms with E-state index in [-0.39, 0.29) is 10.6 Å². The number of H-pyrrole nitrogens is 1. The predicted molar refractivity (Wildman–Crippen MR) is 101 cm³/mol. The molecule has 27 heavy (non-hydrogen) atoms. The van der Waals surface area contributed by atoms with Crippen molar-refractivity contribution in [1.29, 1.82) is 5.26 Å². The van der Waals surface area contributed by atoms with Crippen LogP contribution in [0.15, 0.2) is 41.6 Å². The van der Waals surface area contributed by atoms with Crippen molar-refractivity contribution in [3.63, 3.8) is 0 Å². The lowest BCUT2D eigenvalue weighted by Crippen LogP contribution is -2.48. The molecule has 0 unspecified atom stereocenters. The normalized spacial score (nSPS) is 15.8. The van der Waals surface area contributed by atoms with E-state index in [0.717, 1.165) is 0 Å². The van der Waals surface area contributed by atoms with Crippen molar-refractivity contribution in [3.05, 3.63) is 47.4 Å². The monoisotopic (exact) mass is 402 g/mol. The molecule has 0 aliphatic carbocycles. The van der Waals surface area contributed by atoms with Crippen LogP contribution in [0.2, 0.25) is 5.02 Å². The van der Waals surface area contributed by atoms with Crippen molar-refractivity contribution >= 4 is 38.5 Å². The maximum atomic E-state index is 13.0. The highest BCUT2D eigenvalue weighted by molar-refractivity contribution is 7.89. The first-order valence-corrected chi connectivity index (χ1v) is 10.1. The van der Waals surface area contributed by atoms with Crippen LogP contribution in [-0.2, 0) is 10.0 Å². The van der Waals surface area contributed by atoms with Gasteiger partial charge in [-0.3, -0.25) is 0 Å². The van der Waals surface area contributed by atoms with E-state index in [0.29, 0.717) is 48.1 Å². The molecule has 10 heteroatoms. The fraction of sp³-hybridized carbons (Fsp3) is 0.235. The number of hydrogen-bond acceptors (Lipinski definition) is 6. The van der Waals surface area contributed by atoms with Gasteiger partial charge in [0.05, 0.1) is 5.02 Å². The molecule has 3 aromatic rings. The largest absolute Gasteiger partial charge is 0.354 e. The van der Waals surface area contributed by atoms with Crippen LogP contribution in [0.5, 0.6) is 0 Å². The lowest BCUT2D eigenvalue weighted by atomic mass is 10.3. The maximum Gasteiger partial charge on any atom is 0.245 e. The third-order valence-electron chi connectivity index (χ3n) is 4.53. The molecule has 0 aromatic carbocycles. The molecular weight excluding hydrogens is 388 g/mol. The number of sulfonamides is 1. The summed E-state index contributed by atoms with van der Waals surface area (Å²) in [5.74, 6) is 0.615. The van der Waals surface area contributed by atoms with Crippen LogP contribution in [0, 0.1) is 11.3 Å². The van der Waals surface area contributed by atoms with Crippen LogP contribution in [0.1, 0.15) is 5.69 Å². The van der Waals surface area contributed by atoms with Crippen LogP contribution in [0.4, 0.5) is 5.82 Å². The molecular formula is C17H15ClN6O2S. The van der Waals surface area contributed by atoms with Gasteiger partial charge in [0.15, 0.2) is 5.69 Å². The molecule has 0 saturated carbocycles. The predicted octanol–water partition coefficient (Wildman–Crippen LogP) is 1.99. The minimum atomic E-state index is -3.63. The molecule has 8 nitrogen and oxygen atoms in total. The highest BCUT2D eigenvalue weighted by Gasteiger charge is 2.31. The summed E-state index contributed by atoms with van der Waals surface area (Å²) in [7, 11) is -3.63. The summed E-state index contributed by atoms with van der Waals surface area (Å²) in [5, 5.41) is 9.95. The third kappa shape index (κ3) is 3.12. The highest BCUT2D eigenvalue weighted by Crippen LogP contribution is 2.26. The molecule has 0 spiro atoms. The second kappa shape index (κ2) is 6.81. The third-order valence-corrected chi connectivity index (χ3v) is 6.77. The van der Waals surface area contributed by atoms with Gasteiger partial charge in [-0.1, -0.05) is 11.6 Å². The summed E-state index contributed by atoms with van der Waals surface area (Å²) in [5.41, 5.74) is 0.708. The molecule has 3 aromatic heterocycles. The van der Waals surface area contributed by atoms with Crippen molar-refractivity contribution in [2.45, 2.75) is 4.90 Å². The van der Waals surface area contributed by atoms with Crippen molar-refractivity contribution in [2.24, 2.45) is 0 Å². The summed E-state index contributed by atoms with van der Waals surface area (Å²) in [6.07, 6.45) is 3.10. The number of rotatable bonds is 3. The molecule has 4 heterocycles. The maximum absolute atomic E-state index is 13.0. The number of nitrogens with zero attached hydrogens (tertiary/aromatic N) is 5. The van der Waals surface area contributed by atoms with E-state index in [1.165, 1.54) is 10.5 Å². The van der Waals surface area contributed by atoms with Crippen LogP contribution in [0.3, 0.4) is 0 Å². The fourth-order valence-electron chi connectivity index (χ4n) is 3.13. The first-order chi connectivity index (χ1) is 13.0. The van der Waals surface area contributed by atoms with E-state index < -0.39 is 10.0 Å². The minimum Gasteiger partial charge on any atom is -0.354 e. The van der Waals surface area contributed by atoms with E-state index in [1.807, 2.05) is 11.0 Å². The second-order valence-electron chi connectivity index (χ2n) is 6.06.